The van der Waals surface area contributed by atoms with Crippen LogP contribution in [-0.2, 0) is 13.1 Å². The molecule has 0 aliphatic carbocycles. The Balaban J connectivity index is 2.38. The lowest BCUT2D eigenvalue weighted by molar-refractivity contribution is -0.394. The number of quaternary nitrogens is 1. The van der Waals surface area contributed by atoms with E-state index in [1.807, 2.05) is 67.6 Å². The Morgan fingerprint density at radius 1 is 0.818 bits per heavy atom. The van der Waals surface area contributed by atoms with Crippen LogP contribution in [0.4, 0.5) is 17.1 Å². The van der Waals surface area contributed by atoms with Gasteiger partial charge in [-0.25, -0.2) is 0 Å². The molecule has 0 aliphatic heterocycles. The van der Waals surface area contributed by atoms with Gasteiger partial charge in [0.05, 0.1) is 22.4 Å². The standard InChI is InChI=1S/C24H23N3O6/c1-2-13-27(16-18-9-5-3-6-10-18,17-19-11-7-4-8-12-19)23-21(25(30)31)14-20(24(28)29)15-22(23)26(32)33/h3-12,14-15H,2,13,16-17H2,1H3. The monoisotopic (exact) mass is 449 g/mol. The summed E-state index contributed by atoms with van der Waals surface area (Å²) in [5.74, 6) is -1.72. The van der Waals surface area contributed by atoms with E-state index in [1.54, 1.807) is 0 Å². The van der Waals surface area contributed by atoms with Crippen molar-refractivity contribution in [1.29, 1.82) is 0 Å². The predicted octanol–water partition coefficient (Wildman–Crippen LogP) is 3.98. The third-order valence-electron chi connectivity index (χ3n) is 5.48. The predicted molar refractivity (Wildman–Crippen MR) is 121 cm³/mol. The molecule has 0 spiro atoms. The summed E-state index contributed by atoms with van der Waals surface area (Å²) in [5.41, 5.74) is -0.257. The molecular formula is C24H23N3O6. The molecule has 3 aromatic rings. The summed E-state index contributed by atoms with van der Waals surface area (Å²) in [6.45, 7) is 2.75. The van der Waals surface area contributed by atoms with Gasteiger partial charge in [0.2, 0.25) is 0 Å². The number of nitro groups is 2. The third-order valence-corrected chi connectivity index (χ3v) is 5.48. The van der Waals surface area contributed by atoms with Gasteiger partial charge < -0.3 is 9.90 Å². The molecule has 0 N–H and O–H groups in total. The minimum atomic E-state index is -1.72. The van der Waals surface area contributed by atoms with E-state index in [0.29, 0.717) is 13.0 Å². The SMILES string of the molecule is CCC[N+](Cc1ccccc1)(Cc1ccccc1)c1c([N+](=O)[O-])cc(C(=O)[O-])cc1[N+](=O)[O-]. The van der Waals surface area contributed by atoms with Crippen molar-refractivity contribution in [2.75, 3.05) is 6.54 Å². The molecular weight excluding hydrogens is 426 g/mol. The maximum Gasteiger partial charge on any atom is 0.337 e. The molecule has 0 atom stereocenters. The molecule has 0 amide bonds. The molecule has 0 saturated heterocycles. The van der Waals surface area contributed by atoms with E-state index < -0.39 is 32.8 Å². The lowest BCUT2D eigenvalue weighted by atomic mass is 10.0. The highest BCUT2D eigenvalue weighted by atomic mass is 16.6. The second-order valence-corrected chi connectivity index (χ2v) is 7.82. The van der Waals surface area contributed by atoms with Gasteiger partial charge in [-0.05, 0) is 6.42 Å². The molecule has 0 unspecified atom stereocenters. The zero-order valence-corrected chi connectivity index (χ0v) is 18.0. The number of hydrogen-bond acceptors (Lipinski definition) is 6. The molecule has 3 aromatic carbocycles. The van der Waals surface area contributed by atoms with Crippen LogP contribution < -0.4 is 9.59 Å². The average molecular weight is 449 g/mol. The van der Waals surface area contributed by atoms with E-state index in [-0.39, 0.29) is 23.3 Å². The Morgan fingerprint density at radius 2 is 1.24 bits per heavy atom. The van der Waals surface area contributed by atoms with Crippen molar-refractivity contribution in [3.05, 3.63) is 110 Å². The molecule has 0 saturated carbocycles. The summed E-state index contributed by atoms with van der Waals surface area (Å²) in [6.07, 6.45) is 0.580. The van der Waals surface area contributed by atoms with Crippen molar-refractivity contribution in [2.24, 2.45) is 0 Å². The summed E-state index contributed by atoms with van der Waals surface area (Å²) < 4.78 is -0.121. The summed E-state index contributed by atoms with van der Waals surface area (Å²) in [6, 6.07) is 20.2. The van der Waals surface area contributed by atoms with E-state index in [4.69, 9.17) is 0 Å². The van der Waals surface area contributed by atoms with Gasteiger partial charge in [0.25, 0.3) is 5.69 Å². The highest BCUT2D eigenvalue weighted by molar-refractivity contribution is 5.91. The Labute approximate surface area is 190 Å². The minimum Gasteiger partial charge on any atom is -0.545 e. The molecule has 0 aliphatic rings. The number of carboxylic acids is 1. The highest BCUT2D eigenvalue weighted by Crippen LogP contribution is 2.45. The fraction of sp³-hybridized carbons (Fsp3) is 0.208. The lowest BCUT2D eigenvalue weighted by Crippen LogP contribution is -2.49. The minimum absolute atomic E-state index is 0.121. The van der Waals surface area contributed by atoms with Gasteiger partial charge in [0.1, 0.15) is 13.1 Å². The van der Waals surface area contributed by atoms with Gasteiger partial charge in [0, 0.05) is 28.8 Å². The van der Waals surface area contributed by atoms with Crippen LogP contribution in [0.5, 0.6) is 0 Å². The molecule has 3 rings (SSSR count). The molecule has 0 heterocycles. The van der Waals surface area contributed by atoms with E-state index in [0.717, 1.165) is 23.3 Å². The molecule has 0 radical (unpaired) electrons. The van der Waals surface area contributed by atoms with E-state index >= 15 is 0 Å². The van der Waals surface area contributed by atoms with Crippen LogP contribution in [-0.4, -0.2) is 22.4 Å². The van der Waals surface area contributed by atoms with Crippen molar-refractivity contribution in [1.82, 2.24) is 4.48 Å². The van der Waals surface area contributed by atoms with Gasteiger partial charge in [-0.3, -0.25) is 24.7 Å². The number of aromatic carboxylic acids is 1. The van der Waals surface area contributed by atoms with Gasteiger partial charge >= 0.3 is 11.4 Å². The Bertz CT molecular complexity index is 1090. The zero-order chi connectivity index (χ0) is 24.0. The maximum absolute atomic E-state index is 12.1. The van der Waals surface area contributed by atoms with Crippen LogP contribution in [0.3, 0.4) is 0 Å². The summed E-state index contributed by atoms with van der Waals surface area (Å²) in [4.78, 5) is 34.1. The molecule has 33 heavy (non-hydrogen) atoms. The highest BCUT2D eigenvalue weighted by Gasteiger charge is 2.44. The van der Waals surface area contributed by atoms with Crippen molar-refractivity contribution in [3.8, 4) is 0 Å². The number of hydrogen-bond donors (Lipinski definition) is 0. The zero-order valence-electron chi connectivity index (χ0n) is 18.0. The first-order valence-corrected chi connectivity index (χ1v) is 10.4. The number of carboxylic acid groups (broad SMARTS) is 1. The number of nitrogens with zero attached hydrogens (tertiary/aromatic N) is 3. The average Bonchev–Trinajstić information content (AvgIpc) is 2.79. The molecule has 0 bridgehead atoms. The fourth-order valence-corrected chi connectivity index (χ4v) is 4.26. The molecule has 0 aromatic heterocycles. The van der Waals surface area contributed by atoms with Gasteiger partial charge in [-0.2, -0.15) is 0 Å². The molecule has 9 nitrogen and oxygen atoms in total. The largest absolute Gasteiger partial charge is 0.545 e. The second-order valence-electron chi connectivity index (χ2n) is 7.82. The lowest BCUT2D eigenvalue weighted by Gasteiger charge is -2.37. The van der Waals surface area contributed by atoms with Crippen molar-refractivity contribution >= 4 is 23.0 Å². The van der Waals surface area contributed by atoms with E-state index in [9.17, 15) is 30.1 Å². The van der Waals surface area contributed by atoms with E-state index in [1.165, 1.54) is 0 Å². The first-order valence-electron chi connectivity index (χ1n) is 10.4. The first kappa shape index (κ1) is 23.6. The maximum atomic E-state index is 12.1. The molecule has 170 valence electrons. The first-order chi connectivity index (χ1) is 15.8. The van der Waals surface area contributed by atoms with Gasteiger partial charge in [-0.1, -0.05) is 67.6 Å². The number of carbonyl (C=O) groups excluding carboxylic acids is 1. The normalized spacial score (nSPS) is 11.2. The van der Waals surface area contributed by atoms with E-state index in [2.05, 4.69) is 0 Å². The van der Waals surface area contributed by atoms with Crippen molar-refractivity contribution < 1.29 is 19.7 Å². The molecule has 9 heteroatoms. The summed E-state index contributed by atoms with van der Waals surface area (Å²) in [7, 11) is 0. The van der Waals surface area contributed by atoms with Crippen LogP contribution in [0.2, 0.25) is 0 Å². The second kappa shape index (κ2) is 10.0. The smallest absolute Gasteiger partial charge is 0.337 e. The number of carbonyl (C=O) groups is 1. The van der Waals surface area contributed by atoms with Crippen LogP contribution in [0.15, 0.2) is 72.8 Å². The van der Waals surface area contributed by atoms with Crippen LogP contribution in [0.25, 0.3) is 0 Å². The molecule has 0 fully saturated rings. The van der Waals surface area contributed by atoms with Crippen LogP contribution >= 0.6 is 0 Å². The topological polar surface area (TPSA) is 126 Å². The number of rotatable bonds is 10. The number of benzene rings is 3. The van der Waals surface area contributed by atoms with Crippen molar-refractivity contribution in [3.63, 3.8) is 0 Å². The number of nitro benzene ring substituents is 2. The quantitative estimate of drug-likeness (QED) is 0.262. The Hall–Kier alpha value is -4.11. The van der Waals surface area contributed by atoms with Crippen molar-refractivity contribution in [2.45, 2.75) is 26.4 Å². The van der Waals surface area contributed by atoms with Gasteiger partial charge in [-0.15, -0.1) is 0 Å². The Kier molecular flexibility index (Phi) is 7.14. The van der Waals surface area contributed by atoms with Crippen LogP contribution in [0.1, 0.15) is 34.8 Å². The summed E-state index contributed by atoms with van der Waals surface area (Å²) in [5, 5.41) is 35.6. The van der Waals surface area contributed by atoms with Crippen LogP contribution in [0, 0.1) is 20.2 Å². The Morgan fingerprint density at radius 3 is 1.58 bits per heavy atom. The fourth-order valence-electron chi connectivity index (χ4n) is 4.26. The summed E-state index contributed by atoms with van der Waals surface area (Å²) >= 11 is 0. The van der Waals surface area contributed by atoms with Gasteiger partial charge in [0.15, 0.2) is 0 Å². The third kappa shape index (κ3) is 5.21.